The lowest BCUT2D eigenvalue weighted by molar-refractivity contribution is 0.397. The maximum Gasteiger partial charge on any atom is 0.150 e. The second kappa shape index (κ2) is 5.98. The fourth-order valence-corrected chi connectivity index (χ4v) is 4.91. The van der Waals surface area contributed by atoms with E-state index in [-0.39, 0.29) is 28.4 Å². The summed E-state index contributed by atoms with van der Waals surface area (Å²) in [6, 6.07) is 4.67. The zero-order valence-corrected chi connectivity index (χ0v) is 12.6. The standard InChI is InChI=1S/C13H15Cl2FO2S/c14-7-11(10-3-4-19(17,18)8-10)5-9-1-2-12(15)13(16)6-9/h1-2,6,10-11H,3-5,7-8H2. The molecule has 0 radical (unpaired) electrons. The first-order valence-electron chi connectivity index (χ1n) is 6.11. The van der Waals surface area contributed by atoms with Gasteiger partial charge in [-0.25, -0.2) is 12.8 Å². The van der Waals surface area contributed by atoms with Gasteiger partial charge >= 0.3 is 0 Å². The predicted molar refractivity (Wildman–Crippen MR) is 76.1 cm³/mol. The second-order valence-corrected chi connectivity index (χ2v) is 7.97. The van der Waals surface area contributed by atoms with Gasteiger partial charge in [0.15, 0.2) is 9.84 Å². The molecule has 1 aromatic rings. The summed E-state index contributed by atoms with van der Waals surface area (Å²) in [5.41, 5.74) is 0.803. The molecule has 0 aliphatic carbocycles. The second-order valence-electron chi connectivity index (χ2n) is 5.03. The SMILES string of the molecule is O=S1(=O)CCC(C(CCl)Cc2ccc(Cl)c(F)c2)C1. The number of halogens is 3. The minimum Gasteiger partial charge on any atom is -0.229 e. The first-order chi connectivity index (χ1) is 8.91. The van der Waals surface area contributed by atoms with Crippen LogP contribution in [0.4, 0.5) is 4.39 Å². The Labute approximate surface area is 122 Å². The van der Waals surface area contributed by atoms with Gasteiger partial charge in [-0.2, -0.15) is 0 Å². The molecule has 0 bridgehead atoms. The lowest BCUT2D eigenvalue weighted by atomic mass is 9.88. The van der Waals surface area contributed by atoms with Crippen molar-refractivity contribution < 1.29 is 12.8 Å². The first kappa shape index (κ1) is 15.1. The third kappa shape index (κ3) is 3.83. The topological polar surface area (TPSA) is 34.1 Å². The van der Waals surface area contributed by atoms with E-state index in [0.717, 1.165) is 5.56 Å². The van der Waals surface area contributed by atoms with Gasteiger partial charge in [-0.1, -0.05) is 17.7 Å². The number of alkyl halides is 1. The third-order valence-electron chi connectivity index (χ3n) is 3.61. The van der Waals surface area contributed by atoms with Crippen LogP contribution in [0.25, 0.3) is 0 Å². The van der Waals surface area contributed by atoms with Crippen LogP contribution in [-0.4, -0.2) is 25.8 Å². The Balaban J connectivity index is 2.09. The number of benzene rings is 1. The molecule has 19 heavy (non-hydrogen) atoms. The Morgan fingerprint density at radius 1 is 1.42 bits per heavy atom. The quantitative estimate of drug-likeness (QED) is 0.796. The van der Waals surface area contributed by atoms with Gasteiger partial charge in [0.1, 0.15) is 5.82 Å². The number of hydrogen-bond acceptors (Lipinski definition) is 2. The van der Waals surface area contributed by atoms with E-state index in [1.807, 2.05) is 0 Å². The number of sulfone groups is 1. The molecule has 2 rings (SSSR count). The lowest BCUT2D eigenvalue weighted by Gasteiger charge is -2.20. The monoisotopic (exact) mass is 324 g/mol. The molecule has 1 aliphatic rings. The Morgan fingerprint density at radius 3 is 2.68 bits per heavy atom. The summed E-state index contributed by atoms with van der Waals surface area (Å²) in [7, 11) is -2.91. The van der Waals surface area contributed by atoms with Crippen LogP contribution >= 0.6 is 23.2 Å². The highest BCUT2D eigenvalue weighted by Crippen LogP contribution is 2.30. The van der Waals surface area contributed by atoms with Crippen molar-refractivity contribution in [3.05, 3.63) is 34.6 Å². The van der Waals surface area contributed by atoms with Gasteiger partial charge in [-0.3, -0.25) is 0 Å². The fraction of sp³-hybridized carbons (Fsp3) is 0.538. The fourth-order valence-electron chi connectivity index (χ4n) is 2.51. The molecule has 6 heteroatoms. The van der Waals surface area contributed by atoms with E-state index in [9.17, 15) is 12.8 Å². The molecule has 0 spiro atoms. The van der Waals surface area contributed by atoms with Crippen LogP contribution in [0, 0.1) is 17.7 Å². The van der Waals surface area contributed by atoms with Crippen molar-refractivity contribution in [2.45, 2.75) is 12.8 Å². The Bertz CT molecular complexity index is 560. The number of hydrogen-bond donors (Lipinski definition) is 0. The van der Waals surface area contributed by atoms with Crippen molar-refractivity contribution in [2.24, 2.45) is 11.8 Å². The van der Waals surface area contributed by atoms with E-state index in [1.165, 1.54) is 12.1 Å². The molecule has 1 heterocycles. The van der Waals surface area contributed by atoms with Crippen LogP contribution in [0.1, 0.15) is 12.0 Å². The van der Waals surface area contributed by atoms with Gasteiger partial charge in [0, 0.05) is 5.88 Å². The zero-order chi connectivity index (χ0) is 14.0. The molecule has 1 aromatic carbocycles. The van der Waals surface area contributed by atoms with E-state index >= 15 is 0 Å². The normalized spacial score (nSPS) is 23.4. The van der Waals surface area contributed by atoms with E-state index in [0.29, 0.717) is 18.7 Å². The molecule has 1 saturated heterocycles. The van der Waals surface area contributed by atoms with E-state index in [1.54, 1.807) is 6.07 Å². The van der Waals surface area contributed by atoms with Crippen molar-refractivity contribution in [3.63, 3.8) is 0 Å². The Kier molecular flexibility index (Phi) is 4.75. The maximum atomic E-state index is 13.4. The molecule has 0 amide bonds. The molecule has 1 aliphatic heterocycles. The summed E-state index contributed by atoms with van der Waals surface area (Å²) >= 11 is 11.6. The van der Waals surface area contributed by atoms with E-state index in [4.69, 9.17) is 23.2 Å². The van der Waals surface area contributed by atoms with Gasteiger partial charge in [-0.05, 0) is 42.4 Å². The Morgan fingerprint density at radius 2 is 2.16 bits per heavy atom. The molecule has 2 atom stereocenters. The predicted octanol–water partition coefficient (Wildman–Crippen LogP) is 3.31. The minimum atomic E-state index is -2.91. The summed E-state index contributed by atoms with van der Waals surface area (Å²) in [5.74, 6) is 0.484. The molecule has 1 fully saturated rings. The molecular formula is C13H15Cl2FO2S. The smallest absolute Gasteiger partial charge is 0.150 e. The summed E-state index contributed by atoms with van der Waals surface area (Å²) in [5, 5.41) is 0.0922. The van der Waals surface area contributed by atoms with Crippen molar-refractivity contribution in [1.82, 2.24) is 0 Å². The van der Waals surface area contributed by atoms with Crippen LogP contribution in [0.5, 0.6) is 0 Å². The molecular weight excluding hydrogens is 310 g/mol. The zero-order valence-electron chi connectivity index (χ0n) is 10.3. The highest BCUT2D eigenvalue weighted by Gasteiger charge is 2.33. The Hall–Kier alpha value is -0.320. The summed E-state index contributed by atoms with van der Waals surface area (Å²) in [4.78, 5) is 0. The van der Waals surface area contributed by atoms with Crippen LogP contribution < -0.4 is 0 Å². The van der Waals surface area contributed by atoms with Gasteiger partial charge < -0.3 is 0 Å². The first-order valence-corrected chi connectivity index (χ1v) is 8.85. The average molecular weight is 325 g/mol. The maximum absolute atomic E-state index is 13.4. The molecule has 2 unspecified atom stereocenters. The molecule has 0 N–H and O–H groups in total. The molecule has 2 nitrogen and oxygen atoms in total. The van der Waals surface area contributed by atoms with Gasteiger partial charge in [0.05, 0.1) is 16.5 Å². The summed E-state index contributed by atoms with van der Waals surface area (Å²) < 4.78 is 36.4. The van der Waals surface area contributed by atoms with E-state index < -0.39 is 15.7 Å². The molecule has 0 saturated carbocycles. The van der Waals surface area contributed by atoms with Crippen LogP contribution in [0.3, 0.4) is 0 Å². The number of rotatable bonds is 4. The minimum absolute atomic E-state index is 0.0551. The van der Waals surface area contributed by atoms with Crippen LogP contribution in [0.15, 0.2) is 18.2 Å². The highest BCUT2D eigenvalue weighted by molar-refractivity contribution is 7.91. The van der Waals surface area contributed by atoms with Crippen molar-refractivity contribution in [1.29, 1.82) is 0 Å². The largest absolute Gasteiger partial charge is 0.229 e. The summed E-state index contributed by atoms with van der Waals surface area (Å²) in [6.07, 6.45) is 1.23. The van der Waals surface area contributed by atoms with Crippen LogP contribution in [0.2, 0.25) is 5.02 Å². The van der Waals surface area contributed by atoms with E-state index in [2.05, 4.69) is 0 Å². The van der Waals surface area contributed by atoms with Crippen molar-refractivity contribution >= 4 is 33.0 Å². The van der Waals surface area contributed by atoms with Crippen molar-refractivity contribution in [2.75, 3.05) is 17.4 Å². The van der Waals surface area contributed by atoms with Gasteiger partial charge in [0.25, 0.3) is 0 Å². The highest BCUT2D eigenvalue weighted by atomic mass is 35.5. The average Bonchev–Trinajstić information content (AvgIpc) is 2.71. The third-order valence-corrected chi connectivity index (χ3v) is 6.11. The van der Waals surface area contributed by atoms with Crippen LogP contribution in [-0.2, 0) is 16.3 Å². The van der Waals surface area contributed by atoms with Gasteiger partial charge in [-0.15, -0.1) is 11.6 Å². The lowest BCUT2D eigenvalue weighted by Crippen LogP contribution is -2.20. The van der Waals surface area contributed by atoms with Crippen molar-refractivity contribution in [3.8, 4) is 0 Å². The molecule has 0 aromatic heterocycles. The summed E-state index contributed by atoms with van der Waals surface area (Å²) in [6.45, 7) is 0. The molecule has 106 valence electrons. The van der Waals surface area contributed by atoms with Gasteiger partial charge in [0.2, 0.25) is 0 Å².